The van der Waals surface area contributed by atoms with Gasteiger partial charge in [-0.05, 0) is 29.8 Å². The Labute approximate surface area is 163 Å². The number of anilines is 1. The number of benzene rings is 3. The molecule has 0 aromatic heterocycles. The van der Waals surface area contributed by atoms with Crippen LogP contribution in [0.1, 0.15) is 11.6 Å². The first kappa shape index (κ1) is 19.1. The molecule has 0 saturated carbocycles. The van der Waals surface area contributed by atoms with Gasteiger partial charge >= 0.3 is 0 Å². The molecule has 0 bridgehead atoms. The lowest BCUT2D eigenvalue weighted by atomic mass is 10.1. The molecule has 1 atom stereocenters. The van der Waals surface area contributed by atoms with E-state index in [9.17, 15) is 13.2 Å². The molecular weight excluding hydrogens is 384 g/mol. The van der Waals surface area contributed by atoms with Gasteiger partial charge in [-0.3, -0.25) is 4.79 Å². The van der Waals surface area contributed by atoms with Crippen LogP contribution in [0.5, 0.6) is 0 Å². The third kappa shape index (κ3) is 4.74. The third-order valence-corrected chi connectivity index (χ3v) is 5.62. The van der Waals surface area contributed by atoms with E-state index in [-0.39, 0.29) is 4.90 Å². The molecular formula is C20H17ClN2O3S. The number of para-hydroxylation sites is 1. The van der Waals surface area contributed by atoms with Gasteiger partial charge in [-0.2, -0.15) is 4.72 Å². The van der Waals surface area contributed by atoms with Crippen molar-refractivity contribution >= 4 is 33.2 Å². The van der Waals surface area contributed by atoms with Crippen molar-refractivity contribution in [3.8, 4) is 0 Å². The number of rotatable bonds is 6. The zero-order valence-corrected chi connectivity index (χ0v) is 15.7. The van der Waals surface area contributed by atoms with Crippen LogP contribution in [0.2, 0.25) is 5.02 Å². The summed E-state index contributed by atoms with van der Waals surface area (Å²) in [5.74, 6) is -0.534. The minimum absolute atomic E-state index is 0.0801. The van der Waals surface area contributed by atoms with Crippen molar-refractivity contribution in [3.63, 3.8) is 0 Å². The average molecular weight is 401 g/mol. The van der Waals surface area contributed by atoms with Crippen LogP contribution >= 0.6 is 11.6 Å². The molecule has 0 aliphatic heterocycles. The molecule has 2 N–H and O–H groups in total. The summed E-state index contributed by atoms with van der Waals surface area (Å²) in [6.07, 6.45) is 0. The van der Waals surface area contributed by atoms with Crippen LogP contribution in [0.4, 0.5) is 5.69 Å². The Morgan fingerprint density at radius 2 is 1.37 bits per heavy atom. The molecule has 27 heavy (non-hydrogen) atoms. The maximum Gasteiger partial charge on any atom is 0.247 e. The molecule has 0 aliphatic carbocycles. The van der Waals surface area contributed by atoms with Crippen molar-refractivity contribution in [2.24, 2.45) is 0 Å². The fraction of sp³-hybridized carbons (Fsp3) is 0.0500. The maximum atomic E-state index is 12.9. The maximum absolute atomic E-state index is 12.9. The van der Waals surface area contributed by atoms with Gasteiger partial charge in [0.25, 0.3) is 0 Å². The van der Waals surface area contributed by atoms with Gasteiger partial charge in [0.2, 0.25) is 15.9 Å². The molecule has 0 aliphatic rings. The highest BCUT2D eigenvalue weighted by Crippen LogP contribution is 2.24. The zero-order valence-electron chi connectivity index (χ0n) is 14.2. The lowest BCUT2D eigenvalue weighted by molar-refractivity contribution is -0.117. The summed E-state index contributed by atoms with van der Waals surface area (Å²) in [5, 5.41) is 3.05. The van der Waals surface area contributed by atoms with Crippen LogP contribution in [0, 0.1) is 0 Å². The Hall–Kier alpha value is -2.67. The monoisotopic (exact) mass is 400 g/mol. The second-order valence-electron chi connectivity index (χ2n) is 5.75. The Morgan fingerprint density at radius 1 is 0.815 bits per heavy atom. The Balaban J connectivity index is 1.92. The fourth-order valence-electron chi connectivity index (χ4n) is 2.51. The van der Waals surface area contributed by atoms with Gasteiger partial charge in [-0.1, -0.05) is 72.3 Å². The zero-order chi connectivity index (χ0) is 19.3. The summed E-state index contributed by atoms with van der Waals surface area (Å²) in [6, 6.07) is 22.2. The highest BCUT2D eigenvalue weighted by molar-refractivity contribution is 7.89. The fourth-order valence-corrected chi connectivity index (χ4v) is 3.90. The Morgan fingerprint density at radius 3 is 2.00 bits per heavy atom. The summed E-state index contributed by atoms with van der Waals surface area (Å²) in [6.45, 7) is 0. The largest absolute Gasteiger partial charge is 0.323 e. The topological polar surface area (TPSA) is 75.3 Å². The molecule has 0 radical (unpaired) electrons. The summed E-state index contributed by atoms with van der Waals surface area (Å²) >= 11 is 6.09. The van der Waals surface area contributed by atoms with Crippen LogP contribution in [0.25, 0.3) is 0 Å². The molecule has 1 amide bonds. The Kier molecular flexibility index (Phi) is 5.91. The smallest absolute Gasteiger partial charge is 0.247 e. The van der Waals surface area contributed by atoms with Gasteiger partial charge in [-0.25, -0.2) is 8.42 Å². The van der Waals surface area contributed by atoms with Gasteiger partial charge in [0.1, 0.15) is 6.04 Å². The van der Waals surface area contributed by atoms with Gasteiger partial charge < -0.3 is 5.32 Å². The van der Waals surface area contributed by atoms with E-state index in [0.29, 0.717) is 16.3 Å². The number of nitrogens with one attached hydrogen (secondary N) is 2. The first-order valence-electron chi connectivity index (χ1n) is 8.15. The van der Waals surface area contributed by atoms with Gasteiger partial charge in [0.05, 0.1) is 15.6 Å². The molecule has 3 aromatic rings. The number of carbonyl (C=O) groups is 1. The second-order valence-corrected chi connectivity index (χ2v) is 7.87. The summed E-state index contributed by atoms with van der Waals surface area (Å²) < 4.78 is 27.9. The normalized spacial score (nSPS) is 12.3. The van der Waals surface area contributed by atoms with Crippen molar-refractivity contribution in [1.82, 2.24) is 4.72 Å². The minimum Gasteiger partial charge on any atom is -0.323 e. The van der Waals surface area contributed by atoms with Crippen molar-refractivity contribution in [2.75, 3.05) is 5.32 Å². The van der Waals surface area contributed by atoms with E-state index in [0.717, 1.165) is 0 Å². The van der Waals surface area contributed by atoms with Crippen LogP contribution in [-0.2, 0) is 14.8 Å². The van der Waals surface area contributed by atoms with E-state index in [1.54, 1.807) is 72.8 Å². The number of halogens is 1. The molecule has 1 unspecified atom stereocenters. The van der Waals surface area contributed by atoms with E-state index in [4.69, 9.17) is 11.6 Å². The third-order valence-electron chi connectivity index (χ3n) is 3.85. The Bertz CT molecular complexity index is 1030. The van der Waals surface area contributed by atoms with E-state index in [2.05, 4.69) is 10.0 Å². The lowest BCUT2D eigenvalue weighted by Crippen LogP contribution is -2.37. The number of sulfonamides is 1. The molecule has 3 rings (SSSR count). The van der Waals surface area contributed by atoms with Gasteiger partial charge in [0, 0.05) is 0 Å². The first-order chi connectivity index (χ1) is 13.0. The van der Waals surface area contributed by atoms with E-state index in [1.165, 1.54) is 12.1 Å². The second kappa shape index (κ2) is 8.35. The highest BCUT2D eigenvalue weighted by atomic mass is 35.5. The standard InChI is InChI=1S/C20H17ClN2O3S/c21-17-13-7-8-14-18(17)22-20(24)19(15-9-3-1-4-10-15)23-27(25,26)16-11-5-2-6-12-16/h1-14,19,23H,(H,22,24). The average Bonchev–Trinajstić information content (AvgIpc) is 2.69. The SMILES string of the molecule is O=C(Nc1ccccc1Cl)C(NS(=O)(=O)c1ccccc1)c1ccccc1. The molecule has 3 aromatic carbocycles. The highest BCUT2D eigenvalue weighted by Gasteiger charge is 2.27. The number of carbonyl (C=O) groups excluding carboxylic acids is 1. The first-order valence-corrected chi connectivity index (χ1v) is 10.0. The quantitative estimate of drug-likeness (QED) is 0.656. The van der Waals surface area contributed by atoms with Crippen LogP contribution in [0.3, 0.4) is 0 Å². The number of amides is 1. The molecule has 0 heterocycles. The molecule has 0 saturated heterocycles. The molecule has 5 nitrogen and oxygen atoms in total. The predicted molar refractivity (Wildman–Crippen MR) is 106 cm³/mol. The minimum atomic E-state index is -3.90. The van der Waals surface area contributed by atoms with Gasteiger partial charge in [-0.15, -0.1) is 0 Å². The van der Waals surface area contributed by atoms with E-state index in [1.807, 2.05) is 0 Å². The lowest BCUT2D eigenvalue weighted by Gasteiger charge is -2.19. The van der Waals surface area contributed by atoms with Crippen LogP contribution in [-0.4, -0.2) is 14.3 Å². The van der Waals surface area contributed by atoms with E-state index < -0.39 is 22.0 Å². The molecule has 0 fully saturated rings. The van der Waals surface area contributed by atoms with Gasteiger partial charge in [0.15, 0.2) is 0 Å². The van der Waals surface area contributed by atoms with Crippen molar-refractivity contribution < 1.29 is 13.2 Å². The van der Waals surface area contributed by atoms with E-state index >= 15 is 0 Å². The summed E-state index contributed by atoms with van der Waals surface area (Å²) in [7, 11) is -3.90. The predicted octanol–water partition coefficient (Wildman–Crippen LogP) is 4.00. The molecule has 0 spiro atoms. The van der Waals surface area contributed by atoms with Crippen LogP contribution in [0.15, 0.2) is 89.8 Å². The summed E-state index contributed by atoms with van der Waals surface area (Å²) in [4.78, 5) is 13.0. The van der Waals surface area contributed by atoms with Crippen molar-refractivity contribution in [2.45, 2.75) is 10.9 Å². The van der Waals surface area contributed by atoms with Crippen molar-refractivity contribution in [3.05, 3.63) is 95.5 Å². The van der Waals surface area contributed by atoms with Crippen molar-refractivity contribution in [1.29, 1.82) is 0 Å². The summed E-state index contributed by atoms with van der Waals surface area (Å²) in [5.41, 5.74) is 0.922. The number of hydrogen-bond acceptors (Lipinski definition) is 3. The van der Waals surface area contributed by atoms with Crippen LogP contribution < -0.4 is 10.0 Å². The molecule has 7 heteroatoms. The number of hydrogen-bond donors (Lipinski definition) is 2. The molecule has 138 valence electrons.